The minimum absolute atomic E-state index is 0. The molecule has 1 amide bonds. The van der Waals surface area contributed by atoms with Gasteiger partial charge < -0.3 is 24.6 Å². The number of ether oxygens (including phenoxy) is 2. The number of nitrogens with zero attached hydrogens (tertiary/aromatic N) is 2. The van der Waals surface area contributed by atoms with Crippen LogP contribution in [0.3, 0.4) is 0 Å². The summed E-state index contributed by atoms with van der Waals surface area (Å²) in [7, 11) is 3.38. The molecule has 2 saturated heterocycles. The molecule has 0 radical (unpaired) electrons. The van der Waals surface area contributed by atoms with Crippen LogP contribution in [-0.4, -0.2) is 70.9 Å². The summed E-state index contributed by atoms with van der Waals surface area (Å²) in [5.41, 5.74) is 0.804. The van der Waals surface area contributed by atoms with Crippen LogP contribution in [0.4, 0.5) is 5.69 Å². The zero-order chi connectivity index (χ0) is 17.7. The average molecular weight is 420 g/mol. The van der Waals surface area contributed by atoms with E-state index >= 15 is 0 Å². The normalized spacial score (nSPS) is 18.9. The number of hydrogen-bond donors (Lipinski definition) is 1. The summed E-state index contributed by atoms with van der Waals surface area (Å²) < 4.78 is 10.7. The van der Waals surface area contributed by atoms with Crippen LogP contribution >= 0.6 is 24.8 Å². The molecule has 0 atom stereocenters. The molecule has 0 spiro atoms. The van der Waals surface area contributed by atoms with Crippen molar-refractivity contribution < 1.29 is 14.3 Å². The number of piperidine rings is 1. The molecule has 27 heavy (non-hydrogen) atoms. The fourth-order valence-electron chi connectivity index (χ4n) is 3.91. The van der Waals surface area contributed by atoms with Crippen LogP contribution in [0, 0.1) is 5.41 Å². The first-order valence-corrected chi connectivity index (χ1v) is 9.06. The molecule has 2 aliphatic rings. The summed E-state index contributed by atoms with van der Waals surface area (Å²) in [6, 6.07) is 8.11. The molecule has 8 heteroatoms. The lowest BCUT2D eigenvalue weighted by molar-refractivity contribution is -0.147. The highest BCUT2D eigenvalue weighted by atomic mass is 35.5. The average Bonchev–Trinajstić information content (AvgIpc) is 2.68. The molecule has 1 N–H and O–H groups in total. The molecule has 0 saturated carbocycles. The first kappa shape index (κ1) is 23.8. The topological polar surface area (TPSA) is 54.0 Å². The van der Waals surface area contributed by atoms with Crippen LogP contribution < -0.4 is 15.0 Å². The van der Waals surface area contributed by atoms with Gasteiger partial charge in [-0.2, -0.15) is 0 Å². The second-order valence-electron chi connectivity index (χ2n) is 6.94. The number of carbonyl (C=O) groups excluding carboxylic acids is 1. The molecule has 3 rings (SSSR count). The quantitative estimate of drug-likeness (QED) is 0.792. The molecule has 0 unspecified atom stereocenters. The lowest BCUT2D eigenvalue weighted by Crippen LogP contribution is -2.56. The summed E-state index contributed by atoms with van der Waals surface area (Å²) in [6.07, 6.45) is 1.71. The van der Waals surface area contributed by atoms with Gasteiger partial charge in [0.2, 0.25) is 5.91 Å². The number of hydrogen-bond acceptors (Lipinski definition) is 5. The third-order valence-corrected chi connectivity index (χ3v) is 5.42. The predicted octanol–water partition coefficient (Wildman–Crippen LogP) is 2.20. The number of rotatable bonds is 5. The van der Waals surface area contributed by atoms with E-state index in [2.05, 4.69) is 22.3 Å². The lowest BCUT2D eigenvalue weighted by Gasteiger charge is -2.43. The minimum Gasteiger partial charge on any atom is -0.497 e. The molecule has 2 fully saturated rings. The van der Waals surface area contributed by atoms with Crippen molar-refractivity contribution in [2.75, 3.05) is 65.0 Å². The number of amides is 1. The zero-order valence-electron chi connectivity index (χ0n) is 16.1. The Morgan fingerprint density at radius 1 is 1.11 bits per heavy atom. The van der Waals surface area contributed by atoms with E-state index in [4.69, 9.17) is 9.47 Å². The van der Waals surface area contributed by atoms with Gasteiger partial charge in [-0.3, -0.25) is 4.79 Å². The largest absolute Gasteiger partial charge is 0.497 e. The van der Waals surface area contributed by atoms with Gasteiger partial charge in [0.05, 0.1) is 19.1 Å². The Bertz CT molecular complexity index is 584. The molecule has 0 aromatic heterocycles. The Hall–Kier alpha value is -1.21. The number of nitrogens with one attached hydrogen (secondary N) is 1. The highest BCUT2D eigenvalue weighted by Gasteiger charge is 2.42. The fourth-order valence-corrected chi connectivity index (χ4v) is 3.91. The van der Waals surface area contributed by atoms with Crippen LogP contribution in [0.2, 0.25) is 0 Å². The van der Waals surface area contributed by atoms with Crippen molar-refractivity contribution in [3.63, 3.8) is 0 Å². The molecule has 6 nitrogen and oxygen atoms in total. The van der Waals surface area contributed by atoms with Gasteiger partial charge in [-0.05, 0) is 38.1 Å². The number of carbonyl (C=O) groups is 1. The van der Waals surface area contributed by atoms with E-state index in [1.807, 2.05) is 17.0 Å². The summed E-state index contributed by atoms with van der Waals surface area (Å²) in [5.74, 6) is 1.13. The van der Waals surface area contributed by atoms with E-state index in [0.717, 1.165) is 63.5 Å². The smallest absolute Gasteiger partial charge is 0.231 e. The van der Waals surface area contributed by atoms with Crippen molar-refractivity contribution in [3.05, 3.63) is 24.3 Å². The number of anilines is 1. The third kappa shape index (κ3) is 5.41. The van der Waals surface area contributed by atoms with E-state index in [1.54, 1.807) is 14.2 Å². The van der Waals surface area contributed by atoms with Gasteiger partial charge in [-0.25, -0.2) is 0 Å². The SMILES string of the molecule is COCC1(C(=O)N2CCN(c3cccc(OC)c3)CC2)CCNCC1.Cl.Cl. The molecule has 0 aliphatic carbocycles. The van der Waals surface area contributed by atoms with Gasteiger partial charge in [-0.15, -0.1) is 24.8 Å². The van der Waals surface area contributed by atoms with E-state index in [0.29, 0.717) is 6.61 Å². The molecular formula is C19H31Cl2N3O3. The van der Waals surface area contributed by atoms with Crippen molar-refractivity contribution >= 4 is 36.4 Å². The summed E-state index contributed by atoms with van der Waals surface area (Å²) in [5, 5.41) is 3.35. The number of halogens is 2. The Labute approximate surface area is 174 Å². The Morgan fingerprint density at radius 3 is 2.37 bits per heavy atom. The van der Waals surface area contributed by atoms with Gasteiger partial charge >= 0.3 is 0 Å². The van der Waals surface area contributed by atoms with Crippen LogP contribution in [0.15, 0.2) is 24.3 Å². The van der Waals surface area contributed by atoms with Gasteiger partial charge in [0, 0.05) is 45.0 Å². The van der Waals surface area contributed by atoms with Crippen LogP contribution in [0.5, 0.6) is 5.75 Å². The highest BCUT2D eigenvalue weighted by Crippen LogP contribution is 2.32. The number of methoxy groups -OCH3 is 2. The maximum absolute atomic E-state index is 13.2. The van der Waals surface area contributed by atoms with Gasteiger partial charge in [0.25, 0.3) is 0 Å². The highest BCUT2D eigenvalue weighted by molar-refractivity contribution is 5.85. The molecule has 2 heterocycles. The molecule has 2 aliphatic heterocycles. The van der Waals surface area contributed by atoms with E-state index in [1.165, 1.54) is 0 Å². The Morgan fingerprint density at radius 2 is 1.78 bits per heavy atom. The molecule has 0 bridgehead atoms. The second-order valence-corrected chi connectivity index (χ2v) is 6.94. The maximum atomic E-state index is 13.2. The third-order valence-electron chi connectivity index (χ3n) is 5.42. The van der Waals surface area contributed by atoms with Crippen LogP contribution in [0.25, 0.3) is 0 Å². The predicted molar refractivity (Wildman–Crippen MR) is 113 cm³/mol. The summed E-state index contributed by atoms with van der Waals surface area (Å²) in [4.78, 5) is 17.5. The molecule has 154 valence electrons. The Kier molecular flexibility index (Phi) is 9.67. The van der Waals surface area contributed by atoms with E-state index in [-0.39, 0.29) is 36.1 Å². The summed E-state index contributed by atoms with van der Waals surface area (Å²) in [6.45, 7) is 5.51. The van der Waals surface area contributed by atoms with Gasteiger partial charge in [-0.1, -0.05) is 6.07 Å². The molecule has 1 aromatic carbocycles. The first-order valence-electron chi connectivity index (χ1n) is 9.06. The second kappa shape index (κ2) is 11.0. The molecular weight excluding hydrogens is 389 g/mol. The first-order chi connectivity index (χ1) is 12.2. The number of piperazine rings is 1. The zero-order valence-corrected chi connectivity index (χ0v) is 17.7. The monoisotopic (exact) mass is 419 g/mol. The van der Waals surface area contributed by atoms with E-state index < -0.39 is 0 Å². The van der Waals surface area contributed by atoms with E-state index in [9.17, 15) is 4.79 Å². The standard InChI is InChI=1S/C19H29N3O3.2ClH/c1-24-15-19(6-8-20-9-7-19)18(23)22-12-10-21(11-13-22)16-4-3-5-17(14-16)25-2;;/h3-5,14,20H,6-13,15H2,1-2H3;2*1H. The van der Waals surface area contributed by atoms with Crippen molar-refractivity contribution in [2.24, 2.45) is 5.41 Å². The van der Waals surface area contributed by atoms with Crippen molar-refractivity contribution in [1.82, 2.24) is 10.2 Å². The maximum Gasteiger partial charge on any atom is 0.231 e. The van der Waals surface area contributed by atoms with Gasteiger partial charge in [0.15, 0.2) is 0 Å². The fraction of sp³-hybridized carbons (Fsp3) is 0.632. The van der Waals surface area contributed by atoms with Crippen molar-refractivity contribution in [2.45, 2.75) is 12.8 Å². The van der Waals surface area contributed by atoms with Crippen molar-refractivity contribution in [1.29, 1.82) is 0 Å². The van der Waals surface area contributed by atoms with Crippen LogP contribution in [-0.2, 0) is 9.53 Å². The summed E-state index contributed by atoms with van der Waals surface area (Å²) >= 11 is 0. The Balaban J connectivity index is 0.00000182. The van der Waals surface area contributed by atoms with Gasteiger partial charge in [0.1, 0.15) is 5.75 Å². The number of benzene rings is 1. The van der Waals surface area contributed by atoms with Crippen molar-refractivity contribution in [3.8, 4) is 5.75 Å². The van der Waals surface area contributed by atoms with Crippen LogP contribution in [0.1, 0.15) is 12.8 Å². The molecule has 1 aromatic rings. The lowest BCUT2D eigenvalue weighted by atomic mass is 9.78. The minimum atomic E-state index is -0.349.